The maximum atomic E-state index is 7.65. The van der Waals surface area contributed by atoms with E-state index < -0.39 is 45.1 Å². The molecule has 5 nitrogen and oxygen atoms in total. The predicted molar refractivity (Wildman–Crippen MR) is 251 cm³/mol. The van der Waals surface area contributed by atoms with Crippen molar-refractivity contribution in [1.82, 2.24) is 0 Å². The SMILES string of the molecule is CC(C)[Si](OC[C@H]1O[C@H](CO[Si](C(C)C)(C(C)C)C(C)C)[C@@H](OP(c2ccccc2)c2ccccc2)[C@@H]1OP(c1ccccc1)c1ccccc1)(C(C)C)C(C)C. The zero-order valence-electron chi connectivity index (χ0n) is 36.7. The second-order valence-electron chi connectivity index (χ2n) is 17.5. The Morgan fingerprint density at radius 2 is 0.632 bits per heavy atom. The van der Waals surface area contributed by atoms with Gasteiger partial charge in [-0.25, -0.2) is 0 Å². The van der Waals surface area contributed by atoms with Crippen LogP contribution in [-0.2, 0) is 22.6 Å². The topological polar surface area (TPSA) is 46.2 Å². The molecule has 0 radical (unpaired) electrons. The molecular weight excluding hydrogens is 775 g/mol. The van der Waals surface area contributed by atoms with Crippen LogP contribution < -0.4 is 21.2 Å². The molecule has 0 saturated carbocycles. The fraction of sp³-hybridized carbons (Fsp3) is 0.500. The van der Waals surface area contributed by atoms with Gasteiger partial charge in [0.1, 0.15) is 24.4 Å². The quantitative estimate of drug-likeness (QED) is 0.0655. The van der Waals surface area contributed by atoms with E-state index in [1.165, 1.54) is 0 Å². The van der Waals surface area contributed by atoms with Gasteiger partial charge < -0.3 is 22.6 Å². The minimum absolute atomic E-state index is 0.360. The van der Waals surface area contributed by atoms with Crippen molar-refractivity contribution in [3.05, 3.63) is 121 Å². The van der Waals surface area contributed by atoms with Gasteiger partial charge in [-0.1, -0.05) is 204 Å². The molecule has 0 aromatic heterocycles. The van der Waals surface area contributed by atoms with E-state index in [1.807, 2.05) is 0 Å². The molecule has 0 unspecified atom stereocenters. The standard InChI is InChI=1S/C48H70O5P2Si2/c1-35(2)56(36(3)4,37(5)6)49-33-45-47(52-54(41-25-17-13-18-26-41)42-27-19-14-20-28-42)48(46(51-45)34-50-57(38(7)8,39(9)10)40(11)12)53-55(43-29-21-15-22-30-43)44-31-23-16-24-32-44/h13-32,35-40,45-48H,33-34H2,1-12H3/t45-,46-,47-,48-/m1/s1. The number of hydrogen-bond acceptors (Lipinski definition) is 5. The van der Waals surface area contributed by atoms with Crippen molar-refractivity contribution in [3.8, 4) is 0 Å². The largest absolute Gasteiger partial charge is 0.413 e. The molecule has 4 atom stereocenters. The highest BCUT2D eigenvalue weighted by atomic mass is 31.1. The smallest absolute Gasteiger partial charge is 0.200 e. The van der Waals surface area contributed by atoms with Gasteiger partial charge in [-0.15, -0.1) is 0 Å². The van der Waals surface area contributed by atoms with Crippen molar-refractivity contribution >= 4 is 54.1 Å². The summed E-state index contributed by atoms with van der Waals surface area (Å²) in [6.45, 7) is 29.1. The first-order chi connectivity index (χ1) is 27.2. The van der Waals surface area contributed by atoms with E-state index >= 15 is 0 Å². The van der Waals surface area contributed by atoms with Crippen LogP contribution in [-0.4, -0.2) is 54.3 Å². The van der Waals surface area contributed by atoms with Crippen LogP contribution in [0.1, 0.15) is 83.1 Å². The molecule has 0 aliphatic carbocycles. The van der Waals surface area contributed by atoms with E-state index in [-0.39, 0.29) is 12.2 Å². The molecular formula is C48H70O5P2Si2. The van der Waals surface area contributed by atoms with Gasteiger partial charge in [0.2, 0.25) is 0 Å². The Hall–Kier alpha value is -2.03. The molecule has 1 aliphatic heterocycles. The molecule has 1 fully saturated rings. The van der Waals surface area contributed by atoms with E-state index in [4.69, 9.17) is 22.6 Å². The molecule has 310 valence electrons. The van der Waals surface area contributed by atoms with Gasteiger partial charge in [-0.3, -0.25) is 0 Å². The molecule has 4 aromatic rings. The van der Waals surface area contributed by atoms with Crippen LogP contribution >= 0.6 is 16.3 Å². The Morgan fingerprint density at radius 1 is 0.404 bits per heavy atom. The van der Waals surface area contributed by atoms with Gasteiger partial charge in [0, 0.05) is 21.2 Å². The minimum Gasteiger partial charge on any atom is -0.413 e. The Balaban J connectivity index is 1.67. The fourth-order valence-electron chi connectivity index (χ4n) is 9.82. The highest BCUT2D eigenvalue weighted by Gasteiger charge is 2.53. The van der Waals surface area contributed by atoms with Crippen LogP contribution in [0.3, 0.4) is 0 Å². The van der Waals surface area contributed by atoms with Crippen molar-refractivity contribution in [2.75, 3.05) is 13.2 Å². The molecule has 1 saturated heterocycles. The van der Waals surface area contributed by atoms with Crippen molar-refractivity contribution < 1.29 is 22.6 Å². The van der Waals surface area contributed by atoms with Crippen molar-refractivity contribution in [1.29, 1.82) is 0 Å². The number of rotatable bonds is 20. The second-order valence-corrected chi connectivity index (χ2v) is 32.1. The number of hydrogen-bond donors (Lipinski definition) is 0. The first-order valence-corrected chi connectivity index (χ1v) is 28.1. The lowest BCUT2D eigenvalue weighted by Gasteiger charge is -2.43. The summed E-state index contributed by atoms with van der Waals surface area (Å²) < 4.78 is 37.5. The van der Waals surface area contributed by atoms with Crippen molar-refractivity contribution in [3.63, 3.8) is 0 Å². The molecule has 4 aromatic carbocycles. The summed E-state index contributed by atoms with van der Waals surface area (Å²) in [5.74, 6) is 0. The second kappa shape index (κ2) is 21.0. The highest BCUT2D eigenvalue weighted by molar-refractivity contribution is 7.69. The van der Waals surface area contributed by atoms with Crippen LogP contribution in [0.5, 0.6) is 0 Å². The third-order valence-corrected chi connectivity index (χ3v) is 28.4. The zero-order valence-corrected chi connectivity index (χ0v) is 40.5. The predicted octanol–water partition coefficient (Wildman–Crippen LogP) is 12.0. The monoisotopic (exact) mass is 844 g/mol. The molecule has 1 aliphatic rings. The maximum absolute atomic E-state index is 7.65. The maximum Gasteiger partial charge on any atom is 0.200 e. The lowest BCUT2D eigenvalue weighted by atomic mass is 10.1. The van der Waals surface area contributed by atoms with E-state index in [0.29, 0.717) is 46.5 Å². The Kier molecular flexibility index (Phi) is 16.9. The first kappa shape index (κ1) is 46.0. The summed E-state index contributed by atoms with van der Waals surface area (Å²) >= 11 is 0. The third-order valence-electron chi connectivity index (χ3n) is 12.2. The molecule has 0 bridgehead atoms. The average molecular weight is 845 g/mol. The van der Waals surface area contributed by atoms with Crippen molar-refractivity contribution in [2.45, 2.75) is 141 Å². The Morgan fingerprint density at radius 3 is 0.842 bits per heavy atom. The summed E-state index contributed by atoms with van der Waals surface area (Å²) in [4.78, 5) is 0. The minimum atomic E-state index is -2.26. The third kappa shape index (κ3) is 10.5. The van der Waals surface area contributed by atoms with Crippen LogP contribution in [0.2, 0.25) is 33.2 Å². The van der Waals surface area contributed by atoms with Gasteiger partial charge in [0.15, 0.2) is 16.6 Å². The molecule has 5 rings (SSSR count). The summed E-state index contributed by atoms with van der Waals surface area (Å²) in [5, 5.41) is 4.63. The van der Waals surface area contributed by atoms with Crippen LogP contribution in [0, 0.1) is 0 Å². The normalized spacial score (nSPS) is 19.4. The van der Waals surface area contributed by atoms with Gasteiger partial charge in [-0.2, -0.15) is 0 Å². The lowest BCUT2D eigenvalue weighted by molar-refractivity contribution is -0.0314. The Labute approximate surface area is 350 Å². The van der Waals surface area contributed by atoms with E-state index in [2.05, 4.69) is 204 Å². The highest BCUT2D eigenvalue weighted by Crippen LogP contribution is 2.49. The number of ether oxygens (including phenoxy) is 1. The summed E-state index contributed by atoms with van der Waals surface area (Å²) in [6.07, 6.45) is -1.57. The zero-order chi connectivity index (χ0) is 41.3. The molecule has 0 N–H and O–H groups in total. The first-order valence-electron chi connectivity index (χ1n) is 21.3. The van der Waals surface area contributed by atoms with Gasteiger partial charge in [-0.05, 0) is 33.2 Å². The molecule has 1 heterocycles. The summed E-state index contributed by atoms with van der Waals surface area (Å²) in [5.41, 5.74) is 2.63. The van der Waals surface area contributed by atoms with Crippen LogP contribution in [0.25, 0.3) is 0 Å². The molecule has 57 heavy (non-hydrogen) atoms. The summed E-state index contributed by atoms with van der Waals surface area (Å²) in [7, 11) is -6.99. The molecule has 9 heteroatoms. The fourth-order valence-corrected chi connectivity index (χ4v) is 24.6. The average Bonchev–Trinajstić information content (AvgIpc) is 3.51. The molecule has 0 spiro atoms. The Bertz CT molecular complexity index is 1490. The van der Waals surface area contributed by atoms with Crippen LogP contribution in [0.4, 0.5) is 0 Å². The van der Waals surface area contributed by atoms with E-state index in [1.54, 1.807) is 0 Å². The van der Waals surface area contributed by atoms with E-state index in [0.717, 1.165) is 21.2 Å². The van der Waals surface area contributed by atoms with Gasteiger partial charge in [0.05, 0.1) is 29.5 Å². The van der Waals surface area contributed by atoms with E-state index in [9.17, 15) is 0 Å². The van der Waals surface area contributed by atoms with Gasteiger partial charge >= 0.3 is 0 Å². The summed E-state index contributed by atoms with van der Waals surface area (Å²) in [6, 6.07) is 42.7. The molecule has 0 amide bonds. The number of benzene rings is 4. The lowest BCUT2D eigenvalue weighted by Crippen LogP contribution is -2.50. The van der Waals surface area contributed by atoms with Gasteiger partial charge in [0.25, 0.3) is 0 Å². The van der Waals surface area contributed by atoms with Crippen LogP contribution in [0.15, 0.2) is 121 Å². The van der Waals surface area contributed by atoms with Crippen molar-refractivity contribution in [2.24, 2.45) is 0 Å².